The second kappa shape index (κ2) is 8.84. The zero-order valence-electron chi connectivity index (χ0n) is 18.8. The van der Waals surface area contributed by atoms with Crippen LogP contribution in [0.4, 0.5) is 0 Å². The van der Waals surface area contributed by atoms with Crippen LogP contribution in [0.15, 0.2) is 22.8 Å². The lowest BCUT2D eigenvalue weighted by Gasteiger charge is -2.56. The Morgan fingerprint density at radius 2 is 1.79 bits per heavy atom. The average molecular weight is 391 g/mol. The van der Waals surface area contributed by atoms with Gasteiger partial charge in [-0.15, -0.1) is 0 Å². The molecule has 158 valence electrons. The highest BCUT2D eigenvalue weighted by Gasteiger charge is 2.52. The summed E-state index contributed by atoms with van der Waals surface area (Å²) in [6.45, 7) is 14.7. The predicted octanol–water partition coefficient (Wildman–Crippen LogP) is 5.76. The highest BCUT2D eigenvalue weighted by Crippen LogP contribution is 2.60. The number of rotatable bonds is 6. The first kappa shape index (κ1) is 22.7. The molecule has 2 aliphatic carbocycles. The van der Waals surface area contributed by atoms with Gasteiger partial charge in [-0.25, -0.2) is 0 Å². The summed E-state index contributed by atoms with van der Waals surface area (Å²) in [6, 6.07) is 0. The van der Waals surface area contributed by atoms with Crippen LogP contribution in [-0.4, -0.2) is 24.6 Å². The summed E-state index contributed by atoms with van der Waals surface area (Å²) in [5.74, 6) is 0.0689. The van der Waals surface area contributed by atoms with Gasteiger partial charge in [0.2, 0.25) is 0 Å². The van der Waals surface area contributed by atoms with Crippen LogP contribution < -0.4 is 0 Å². The highest BCUT2D eigenvalue weighted by atomic mass is 16.5. The van der Waals surface area contributed by atoms with E-state index in [2.05, 4.69) is 34.6 Å². The van der Waals surface area contributed by atoms with E-state index in [-0.39, 0.29) is 28.9 Å². The van der Waals surface area contributed by atoms with Crippen LogP contribution in [0.1, 0.15) is 87.0 Å². The van der Waals surface area contributed by atoms with Crippen LogP contribution in [0.25, 0.3) is 0 Å². The van der Waals surface area contributed by atoms with E-state index in [0.717, 1.165) is 19.3 Å². The number of fused-ring (bicyclic) bond motifs is 1. The second-order valence-corrected chi connectivity index (χ2v) is 9.66. The summed E-state index contributed by atoms with van der Waals surface area (Å²) in [7, 11) is 0. The summed E-state index contributed by atoms with van der Waals surface area (Å²) in [6.07, 6.45) is 8.40. The zero-order valence-corrected chi connectivity index (χ0v) is 18.8. The van der Waals surface area contributed by atoms with Crippen LogP contribution in [0.5, 0.6) is 0 Å². The third-order valence-corrected chi connectivity index (χ3v) is 7.12. The Labute approximate surface area is 170 Å². The van der Waals surface area contributed by atoms with Crippen LogP contribution in [0.3, 0.4) is 0 Å². The largest absolute Gasteiger partial charge is 0.462 e. The van der Waals surface area contributed by atoms with E-state index in [1.54, 1.807) is 0 Å². The Morgan fingerprint density at radius 3 is 2.39 bits per heavy atom. The normalized spacial score (nSPS) is 29.9. The van der Waals surface area contributed by atoms with Gasteiger partial charge in [-0.1, -0.05) is 38.3 Å². The third kappa shape index (κ3) is 5.07. The van der Waals surface area contributed by atoms with Crippen molar-refractivity contribution in [1.82, 2.24) is 0 Å². The minimum absolute atomic E-state index is 0.103. The Hall–Kier alpha value is -1.58. The van der Waals surface area contributed by atoms with Crippen LogP contribution >= 0.6 is 0 Å². The first-order valence-corrected chi connectivity index (χ1v) is 10.6. The molecule has 0 unspecified atom stereocenters. The molecule has 0 aliphatic heterocycles. The number of carbonyl (C=O) groups excluding carboxylic acids is 2. The second-order valence-electron chi connectivity index (χ2n) is 9.66. The van der Waals surface area contributed by atoms with Crippen LogP contribution in [0.2, 0.25) is 0 Å². The molecule has 3 atom stereocenters. The van der Waals surface area contributed by atoms with Gasteiger partial charge in [-0.05, 0) is 74.3 Å². The first-order valence-electron chi connectivity index (χ1n) is 10.6. The summed E-state index contributed by atoms with van der Waals surface area (Å²) >= 11 is 0. The number of hydrogen-bond donors (Lipinski definition) is 0. The van der Waals surface area contributed by atoms with Gasteiger partial charge in [-0.3, -0.25) is 9.59 Å². The maximum atomic E-state index is 11.7. The van der Waals surface area contributed by atoms with Crippen molar-refractivity contribution in [3.8, 4) is 0 Å². The number of hydrogen-bond acceptors (Lipinski definition) is 4. The molecule has 2 rings (SSSR count). The number of ether oxygens (including phenoxy) is 2. The molecule has 1 saturated carbocycles. The molecule has 0 heterocycles. The molecule has 0 radical (unpaired) electrons. The minimum atomic E-state index is -0.251. The molecule has 0 aromatic heterocycles. The molecule has 0 aromatic carbocycles. The molecule has 2 aliphatic rings. The maximum absolute atomic E-state index is 11.7. The smallest absolute Gasteiger partial charge is 0.303 e. The fraction of sp³-hybridized carbons (Fsp3) is 0.750. The van der Waals surface area contributed by atoms with Crippen molar-refractivity contribution in [1.29, 1.82) is 0 Å². The lowest BCUT2D eigenvalue weighted by atomic mass is 9.49. The van der Waals surface area contributed by atoms with Gasteiger partial charge in [0.25, 0.3) is 0 Å². The van der Waals surface area contributed by atoms with Gasteiger partial charge in [0.15, 0.2) is 0 Å². The number of allylic oxidation sites excluding steroid dienone is 2. The van der Waals surface area contributed by atoms with Crippen molar-refractivity contribution >= 4 is 11.9 Å². The van der Waals surface area contributed by atoms with E-state index in [4.69, 9.17) is 9.47 Å². The fourth-order valence-electron chi connectivity index (χ4n) is 5.64. The monoisotopic (exact) mass is 390 g/mol. The molecule has 0 N–H and O–H groups in total. The van der Waals surface area contributed by atoms with Crippen molar-refractivity contribution in [2.75, 3.05) is 6.61 Å². The number of carbonyl (C=O) groups is 2. The molecular weight excluding hydrogens is 352 g/mol. The average Bonchev–Trinajstić information content (AvgIpc) is 2.55. The quantitative estimate of drug-likeness (QED) is 0.427. The highest BCUT2D eigenvalue weighted by molar-refractivity contribution is 5.66. The Morgan fingerprint density at radius 1 is 1.11 bits per heavy atom. The van der Waals surface area contributed by atoms with E-state index in [9.17, 15) is 9.59 Å². The van der Waals surface area contributed by atoms with Crippen molar-refractivity contribution in [3.63, 3.8) is 0 Å². The van der Waals surface area contributed by atoms with Gasteiger partial charge >= 0.3 is 11.9 Å². The summed E-state index contributed by atoms with van der Waals surface area (Å²) in [5.41, 5.74) is 4.37. The topological polar surface area (TPSA) is 52.6 Å². The molecule has 4 nitrogen and oxygen atoms in total. The fourth-order valence-corrected chi connectivity index (χ4v) is 5.64. The van der Waals surface area contributed by atoms with Gasteiger partial charge in [0.05, 0.1) is 0 Å². The Balaban J connectivity index is 2.28. The minimum Gasteiger partial charge on any atom is -0.462 e. The van der Waals surface area contributed by atoms with Crippen molar-refractivity contribution < 1.29 is 19.1 Å². The molecule has 0 saturated heterocycles. The zero-order chi connectivity index (χ0) is 21.1. The SMILES string of the molecule is CC(=O)OC/C=C(\C)CCC1=C(C)[C@H](OC(C)=O)C[C@@H]2C(C)(C)CCC[C@@]12C. The van der Waals surface area contributed by atoms with Crippen molar-refractivity contribution in [2.24, 2.45) is 16.7 Å². The van der Waals surface area contributed by atoms with Crippen molar-refractivity contribution in [2.45, 2.75) is 93.1 Å². The van der Waals surface area contributed by atoms with Gasteiger partial charge in [-0.2, -0.15) is 0 Å². The van der Waals surface area contributed by atoms with Crippen LogP contribution in [-0.2, 0) is 19.1 Å². The molecule has 0 spiro atoms. The molecule has 28 heavy (non-hydrogen) atoms. The molecular formula is C24H38O4. The standard InChI is InChI=1S/C24H38O4/c1-16(11-14-27-18(3)25)9-10-20-17(2)21(28-19(4)26)15-22-23(5,6)12-8-13-24(20,22)7/h11,21-22H,8-10,12-15H2,1-7H3/b16-11+/t21-,22-,24+/m1/s1. The van der Waals surface area contributed by atoms with E-state index >= 15 is 0 Å². The van der Waals surface area contributed by atoms with E-state index in [1.165, 1.54) is 49.8 Å². The molecule has 1 fully saturated rings. The molecule has 0 amide bonds. The summed E-state index contributed by atoms with van der Waals surface area (Å²) < 4.78 is 10.8. The Bertz CT molecular complexity index is 670. The summed E-state index contributed by atoms with van der Waals surface area (Å²) in [4.78, 5) is 22.7. The maximum Gasteiger partial charge on any atom is 0.303 e. The lowest BCUT2D eigenvalue weighted by molar-refractivity contribution is -0.148. The van der Waals surface area contributed by atoms with Crippen molar-refractivity contribution in [3.05, 3.63) is 22.8 Å². The molecule has 0 bridgehead atoms. The Kier molecular flexibility index (Phi) is 7.17. The predicted molar refractivity (Wildman–Crippen MR) is 112 cm³/mol. The third-order valence-electron chi connectivity index (χ3n) is 7.12. The van der Waals surface area contributed by atoms with E-state index in [0.29, 0.717) is 12.5 Å². The van der Waals surface area contributed by atoms with E-state index in [1.807, 2.05) is 6.08 Å². The molecule has 0 aromatic rings. The molecule has 4 heteroatoms. The van der Waals surface area contributed by atoms with Crippen LogP contribution in [0, 0.1) is 16.7 Å². The number of esters is 2. The lowest BCUT2D eigenvalue weighted by Crippen LogP contribution is -2.49. The van der Waals surface area contributed by atoms with Gasteiger partial charge < -0.3 is 9.47 Å². The summed E-state index contributed by atoms with van der Waals surface area (Å²) in [5, 5.41) is 0. The van der Waals surface area contributed by atoms with Gasteiger partial charge in [0, 0.05) is 13.8 Å². The first-order chi connectivity index (χ1) is 13.0. The van der Waals surface area contributed by atoms with Gasteiger partial charge in [0.1, 0.15) is 12.7 Å². The van der Waals surface area contributed by atoms with E-state index < -0.39 is 0 Å².